The van der Waals surface area contributed by atoms with Crippen LogP contribution < -0.4 is 28.4 Å². The highest BCUT2D eigenvalue weighted by atomic mass is 32.2. The number of nitriles is 1. The van der Waals surface area contributed by atoms with Gasteiger partial charge in [0.2, 0.25) is 22.6 Å². The van der Waals surface area contributed by atoms with Crippen LogP contribution in [0, 0.1) is 11.3 Å². The van der Waals surface area contributed by atoms with Crippen LogP contribution in [0.1, 0.15) is 32.6 Å². The molecule has 3 aromatic rings. The van der Waals surface area contributed by atoms with Crippen LogP contribution in [-0.4, -0.2) is 56.2 Å². The van der Waals surface area contributed by atoms with Crippen molar-refractivity contribution in [3.63, 3.8) is 0 Å². The Bertz CT molecular complexity index is 1630. The van der Waals surface area contributed by atoms with Gasteiger partial charge in [0, 0.05) is 12.1 Å². The molecule has 0 unspecified atom stereocenters. The van der Waals surface area contributed by atoms with Crippen molar-refractivity contribution in [2.75, 3.05) is 41.8 Å². The van der Waals surface area contributed by atoms with Gasteiger partial charge in [0.1, 0.15) is 5.56 Å². The number of hydrogen-bond acceptors (Lipinski definition) is 10. The van der Waals surface area contributed by atoms with E-state index in [9.17, 15) is 13.2 Å². The van der Waals surface area contributed by atoms with Crippen molar-refractivity contribution in [2.24, 2.45) is 0 Å². The Hall–Kier alpha value is -4.73. The van der Waals surface area contributed by atoms with E-state index >= 15 is 0 Å². The number of carbonyl (C=O) groups excluding carboxylic acids is 1. The summed E-state index contributed by atoms with van der Waals surface area (Å²) in [5.74, 6) is 1.23. The minimum absolute atomic E-state index is 0.00574. The van der Waals surface area contributed by atoms with Gasteiger partial charge in [0.25, 0.3) is 0 Å². The molecule has 0 radical (unpaired) electrons. The monoisotopic (exact) mass is 580 g/mol. The fourth-order valence-electron chi connectivity index (χ4n) is 4.35. The quantitative estimate of drug-likeness (QED) is 0.263. The van der Waals surface area contributed by atoms with E-state index in [1.807, 2.05) is 6.07 Å². The molecule has 0 saturated carbocycles. The van der Waals surface area contributed by atoms with E-state index in [0.29, 0.717) is 45.3 Å². The van der Waals surface area contributed by atoms with Crippen LogP contribution in [0.25, 0.3) is 12.2 Å². The summed E-state index contributed by atoms with van der Waals surface area (Å²) < 4.78 is 60.9. The maximum Gasteiger partial charge on any atom is 0.342 e. The van der Waals surface area contributed by atoms with Gasteiger partial charge in [-0.25, -0.2) is 17.9 Å². The van der Waals surface area contributed by atoms with Gasteiger partial charge in [-0.3, -0.25) is 0 Å². The van der Waals surface area contributed by atoms with Crippen molar-refractivity contribution in [2.45, 2.75) is 11.3 Å². The molecule has 0 spiro atoms. The summed E-state index contributed by atoms with van der Waals surface area (Å²) in [6, 6.07) is 12.7. The summed E-state index contributed by atoms with van der Waals surface area (Å²) in [5.41, 5.74) is 2.31. The molecule has 214 valence electrons. The molecule has 3 aromatic carbocycles. The predicted octanol–water partition coefficient (Wildman–Crippen LogP) is 3.79. The number of methoxy groups -OCH3 is 4. The fourth-order valence-corrected chi connectivity index (χ4v) is 5.38. The first-order chi connectivity index (χ1) is 19.8. The second-order valence-electron chi connectivity index (χ2n) is 8.59. The van der Waals surface area contributed by atoms with Gasteiger partial charge >= 0.3 is 5.97 Å². The first-order valence-electron chi connectivity index (χ1n) is 12.3. The number of carbonyl (C=O) groups is 1. The van der Waals surface area contributed by atoms with Crippen molar-refractivity contribution < 1.29 is 41.6 Å². The molecule has 1 aliphatic heterocycles. The highest BCUT2D eigenvalue weighted by molar-refractivity contribution is 7.89. The van der Waals surface area contributed by atoms with E-state index in [-0.39, 0.29) is 36.0 Å². The average Bonchev–Trinajstić information content (AvgIpc) is 3.46. The van der Waals surface area contributed by atoms with E-state index in [4.69, 9.17) is 33.7 Å². The van der Waals surface area contributed by atoms with E-state index in [1.54, 1.807) is 30.4 Å². The summed E-state index contributed by atoms with van der Waals surface area (Å²) in [4.78, 5) is 12.7. The summed E-state index contributed by atoms with van der Waals surface area (Å²) >= 11 is 0. The molecule has 0 bridgehead atoms. The number of benzene rings is 3. The first-order valence-corrected chi connectivity index (χ1v) is 13.8. The van der Waals surface area contributed by atoms with Crippen LogP contribution in [0.2, 0.25) is 0 Å². The van der Waals surface area contributed by atoms with Gasteiger partial charge in [0.05, 0.1) is 45.0 Å². The Morgan fingerprint density at radius 2 is 1.73 bits per heavy atom. The summed E-state index contributed by atoms with van der Waals surface area (Å²) in [7, 11) is 1.83. The Kier molecular flexibility index (Phi) is 9.01. The Morgan fingerprint density at radius 3 is 2.37 bits per heavy atom. The van der Waals surface area contributed by atoms with Gasteiger partial charge in [-0.15, -0.1) is 0 Å². The lowest BCUT2D eigenvalue weighted by atomic mass is 9.99. The summed E-state index contributed by atoms with van der Waals surface area (Å²) in [6.07, 6.45) is 3.69. The third-order valence-electron chi connectivity index (χ3n) is 6.32. The second kappa shape index (κ2) is 12.6. The summed E-state index contributed by atoms with van der Waals surface area (Å²) in [6.45, 7) is 0.0571. The minimum atomic E-state index is -3.82. The van der Waals surface area contributed by atoms with Crippen molar-refractivity contribution in [3.8, 4) is 34.8 Å². The fraction of sp³-hybridized carbons (Fsp3) is 0.241. The third kappa shape index (κ3) is 6.06. The number of fused-ring (bicyclic) bond motifs is 1. The van der Waals surface area contributed by atoms with Gasteiger partial charge in [0.15, 0.2) is 23.0 Å². The number of esters is 1. The lowest BCUT2D eigenvalue weighted by Crippen LogP contribution is -2.26. The maximum absolute atomic E-state index is 12.8. The molecule has 0 amide bonds. The zero-order valence-corrected chi connectivity index (χ0v) is 23.7. The number of hydrogen-bond donors (Lipinski definition) is 1. The van der Waals surface area contributed by atoms with E-state index in [0.717, 1.165) is 0 Å². The van der Waals surface area contributed by atoms with Gasteiger partial charge in [-0.2, -0.15) is 5.26 Å². The zero-order valence-electron chi connectivity index (χ0n) is 22.8. The molecule has 41 heavy (non-hydrogen) atoms. The van der Waals surface area contributed by atoms with E-state index in [1.165, 1.54) is 52.7 Å². The number of sulfonamides is 1. The van der Waals surface area contributed by atoms with Gasteiger partial charge in [-0.05, 0) is 53.9 Å². The number of nitrogens with one attached hydrogen (secondary N) is 1. The molecule has 0 fully saturated rings. The predicted molar refractivity (Wildman–Crippen MR) is 149 cm³/mol. The number of nitrogens with zero attached hydrogens (tertiary/aromatic N) is 1. The Labute approximate surface area is 237 Å². The van der Waals surface area contributed by atoms with Crippen LogP contribution in [0.4, 0.5) is 0 Å². The standard InChI is InChI=1S/C29H28N2O9S/c1-35-23-12-8-19(25(27(23)37-3)29(32)38-4)7-11-22-20(15-24-28(26(22)36-2)40-17-39-24)13-14-31-41(33,34)21-9-5-18(16-30)6-10-21/h5-12,15,31H,13-14,17H2,1-4H3/b11-7+. The highest BCUT2D eigenvalue weighted by Gasteiger charge is 2.26. The Morgan fingerprint density at radius 1 is 1.00 bits per heavy atom. The van der Waals surface area contributed by atoms with Crippen molar-refractivity contribution in [3.05, 3.63) is 70.3 Å². The van der Waals surface area contributed by atoms with Crippen LogP contribution in [0.5, 0.6) is 28.7 Å². The third-order valence-corrected chi connectivity index (χ3v) is 7.80. The molecule has 4 rings (SSSR count). The van der Waals surface area contributed by atoms with Crippen LogP contribution >= 0.6 is 0 Å². The molecular weight excluding hydrogens is 552 g/mol. The molecule has 1 N–H and O–H groups in total. The largest absolute Gasteiger partial charge is 0.493 e. The lowest BCUT2D eigenvalue weighted by Gasteiger charge is -2.16. The van der Waals surface area contributed by atoms with Crippen LogP contribution in [-0.2, 0) is 21.2 Å². The second-order valence-corrected chi connectivity index (χ2v) is 10.4. The number of ether oxygens (including phenoxy) is 6. The normalized spacial score (nSPS) is 12.2. The average molecular weight is 581 g/mol. The maximum atomic E-state index is 12.8. The molecule has 0 atom stereocenters. The van der Waals surface area contributed by atoms with Gasteiger partial charge in [-0.1, -0.05) is 18.2 Å². The lowest BCUT2D eigenvalue weighted by molar-refractivity contribution is 0.0596. The molecule has 1 aliphatic rings. The topological polar surface area (TPSA) is 142 Å². The molecular formula is C29H28N2O9S. The van der Waals surface area contributed by atoms with E-state index < -0.39 is 16.0 Å². The summed E-state index contributed by atoms with van der Waals surface area (Å²) in [5, 5.41) is 8.97. The molecule has 0 saturated heterocycles. The zero-order chi connectivity index (χ0) is 29.6. The van der Waals surface area contributed by atoms with Crippen molar-refractivity contribution >= 4 is 28.1 Å². The molecule has 12 heteroatoms. The molecule has 11 nitrogen and oxygen atoms in total. The first kappa shape index (κ1) is 29.3. The van der Waals surface area contributed by atoms with Crippen molar-refractivity contribution in [1.29, 1.82) is 5.26 Å². The Balaban J connectivity index is 1.70. The van der Waals surface area contributed by atoms with Gasteiger partial charge < -0.3 is 28.4 Å². The SMILES string of the molecule is COC(=O)c1c(/C=C/c2c(CCNS(=O)(=O)c3ccc(C#N)cc3)cc3c(c2OC)OCO3)ccc(OC)c1OC. The minimum Gasteiger partial charge on any atom is -0.493 e. The molecule has 1 heterocycles. The number of rotatable bonds is 11. The highest BCUT2D eigenvalue weighted by Crippen LogP contribution is 2.46. The van der Waals surface area contributed by atoms with E-state index in [2.05, 4.69) is 4.72 Å². The van der Waals surface area contributed by atoms with Crippen LogP contribution in [0.15, 0.2) is 47.4 Å². The van der Waals surface area contributed by atoms with Crippen LogP contribution in [0.3, 0.4) is 0 Å². The van der Waals surface area contributed by atoms with Crippen molar-refractivity contribution in [1.82, 2.24) is 4.72 Å². The smallest absolute Gasteiger partial charge is 0.342 e. The molecule has 0 aliphatic carbocycles. The molecule has 0 aromatic heterocycles.